The lowest BCUT2D eigenvalue weighted by atomic mass is 10.5. The van der Waals surface area contributed by atoms with Gasteiger partial charge in [0.2, 0.25) is 11.2 Å². The van der Waals surface area contributed by atoms with Crippen LogP contribution in [0.15, 0.2) is 12.1 Å². The number of halogens is 1. The largest absolute Gasteiger partial charge is 0.474 e. The van der Waals surface area contributed by atoms with E-state index in [-0.39, 0.29) is 11.4 Å². The van der Waals surface area contributed by atoms with Gasteiger partial charge in [0.1, 0.15) is 0 Å². The zero-order valence-electron chi connectivity index (χ0n) is 7.81. The Morgan fingerprint density at radius 3 is 2.86 bits per heavy atom. The van der Waals surface area contributed by atoms with Gasteiger partial charge >= 0.3 is 0 Å². The molecule has 2 rings (SSSR count). The molecule has 0 aromatic carbocycles. The number of fused-ring (bicyclic) bond motifs is 1. The van der Waals surface area contributed by atoms with Crippen LogP contribution in [0.4, 0.5) is 0 Å². The first-order valence-electron chi connectivity index (χ1n) is 4.21. The van der Waals surface area contributed by atoms with Crippen molar-refractivity contribution in [3.05, 3.63) is 17.4 Å². The van der Waals surface area contributed by atoms with Crippen LogP contribution < -0.4 is 4.74 Å². The van der Waals surface area contributed by atoms with Gasteiger partial charge in [-0.25, -0.2) is 0 Å². The van der Waals surface area contributed by atoms with Crippen molar-refractivity contribution in [2.24, 2.45) is 0 Å². The fourth-order valence-corrected chi connectivity index (χ4v) is 1.21. The van der Waals surface area contributed by atoms with Crippen molar-refractivity contribution < 1.29 is 4.74 Å². The Hall–Kier alpha value is -1.36. The van der Waals surface area contributed by atoms with Crippen LogP contribution in [0.25, 0.3) is 5.65 Å². The molecule has 0 bridgehead atoms. The smallest absolute Gasteiger partial charge is 0.246 e. The third kappa shape index (κ3) is 1.63. The minimum Gasteiger partial charge on any atom is -0.474 e. The molecule has 14 heavy (non-hydrogen) atoms. The molecule has 6 heteroatoms. The van der Waals surface area contributed by atoms with Gasteiger partial charge in [-0.05, 0) is 31.5 Å². The van der Waals surface area contributed by atoms with E-state index < -0.39 is 0 Å². The summed E-state index contributed by atoms with van der Waals surface area (Å²) in [4.78, 5) is 0. The van der Waals surface area contributed by atoms with Crippen molar-refractivity contribution >= 4 is 17.2 Å². The highest BCUT2D eigenvalue weighted by molar-refractivity contribution is 6.28. The Labute approximate surface area is 85.7 Å². The Kier molecular flexibility index (Phi) is 2.25. The van der Waals surface area contributed by atoms with Crippen LogP contribution >= 0.6 is 11.6 Å². The van der Waals surface area contributed by atoms with E-state index >= 15 is 0 Å². The second-order valence-corrected chi connectivity index (χ2v) is 3.42. The quantitative estimate of drug-likeness (QED) is 0.758. The Morgan fingerprint density at radius 2 is 2.14 bits per heavy atom. The number of hydrogen-bond acceptors (Lipinski definition) is 4. The summed E-state index contributed by atoms with van der Waals surface area (Å²) < 4.78 is 6.83. The molecule has 0 aliphatic heterocycles. The average molecular weight is 213 g/mol. The highest BCUT2D eigenvalue weighted by Crippen LogP contribution is 2.12. The van der Waals surface area contributed by atoms with Gasteiger partial charge in [0.25, 0.3) is 0 Å². The fourth-order valence-electron chi connectivity index (χ4n) is 1.05. The molecular weight excluding hydrogens is 204 g/mol. The van der Waals surface area contributed by atoms with E-state index in [1.165, 1.54) is 4.52 Å². The zero-order chi connectivity index (χ0) is 10.1. The first-order chi connectivity index (χ1) is 6.66. The highest BCUT2D eigenvalue weighted by atomic mass is 35.5. The van der Waals surface area contributed by atoms with E-state index in [0.717, 1.165) is 0 Å². The van der Waals surface area contributed by atoms with Gasteiger partial charge in [-0.2, -0.15) is 4.52 Å². The topological polar surface area (TPSA) is 52.3 Å². The van der Waals surface area contributed by atoms with Crippen LogP contribution in [0.5, 0.6) is 5.88 Å². The van der Waals surface area contributed by atoms with Crippen molar-refractivity contribution in [2.75, 3.05) is 0 Å². The molecule has 0 N–H and O–H groups in total. The van der Waals surface area contributed by atoms with Crippen LogP contribution in [0.2, 0.25) is 5.28 Å². The molecule has 74 valence electrons. The molecular formula is C8H9ClN4O. The van der Waals surface area contributed by atoms with Crippen LogP contribution in [0.1, 0.15) is 13.8 Å². The third-order valence-corrected chi connectivity index (χ3v) is 1.79. The Bertz CT molecular complexity index is 454. The summed E-state index contributed by atoms with van der Waals surface area (Å²) in [6.07, 6.45) is 0.0789. The van der Waals surface area contributed by atoms with Gasteiger partial charge in [0, 0.05) is 6.07 Å². The highest BCUT2D eigenvalue weighted by Gasteiger charge is 2.06. The summed E-state index contributed by atoms with van der Waals surface area (Å²) in [5.41, 5.74) is 0.603. The Morgan fingerprint density at radius 1 is 1.36 bits per heavy atom. The summed E-state index contributed by atoms with van der Waals surface area (Å²) in [7, 11) is 0. The molecule has 0 radical (unpaired) electrons. The van der Waals surface area contributed by atoms with Gasteiger partial charge in [0.05, 0.1) is 6.10 Å². The molecule has 0 unspecified atom stereocenters. The van der Waals surface area contributed by atoms with E-state index in [4.69, 9.17) is 16.3 Å². The van der Waals surface area contributed by atoms with E-state index in [0.29, 0.717) is 11.5 Å². The van der Waals surface area contributed by atoms with E-state index in [2.05, 4.69) is 15.3 Å². The maximum Gasteiger partial charge on any atom is 0.246 e. The van der Waals surface area contributed by atoms with Crippen molar-refractivity contribution in [2.45, 2.75) is 20.0 Å². The van der Waals surface area contributed by atoms with Gasteiger partial charge < -0.3 is 4.74 Å². The molecule has 5 nitrogen and oxygen atoms in total. The molecule has 0 spiro atoms. The van der Waals surface area contributed by atoms with Crippen LogP contribution in [-0.2, 0) is 0 Å². The van der Waals surface area contributed by atoms with E-state index in [1.54, 1.807) is 12.1 Å². The predicted molar refractivity (Wildman–Crippen MR) is 51.6 cm³/mol. The number of nitrogens with zero attached hydrogens (tertiary/aromatic N) is 4. The fraction of sp³-hybridized carbons (Fsp3) is 0.375. The monoisotopic (exact) mass is 212 g/mol. The first kappa shape index (κ1) is 9.21. The van der Waals surface area contributed by atoms with Crippen LogP contribution in [0.3, 0.4) is 0 Å². The van der Waals surface area contributed by atoms with Crippen molar-refractivity contribution in [3.63, 3.8) is 0 Å². The molecule has 0 aliphatic carbocycles. The van der Waals surface area contributed by atoms with Crippen molar-refractivity contribution in [3.8, 4) is 5.88 Å². The molecule has 0 saturated heterocycles. The van der Waals surface area contributed by atoms with Crippen LogP contribution in [0, 0.1) is 0 Å². The minimum atomic E-state index is 0.0789. The number of aromatic nitrogens is 4. The molecule has 0 fully saturated rings. The summed E-state index contributed by atoms with van der Waals surface area (Å²) in [5.74, 6) is 0.509. The lowest BCUT2D eigenvalue weighted by molar-refractivity contribution is 0.229. The zero-order valence-corrected chi connectivity index (χ0v) is 8.56. The first-order valence-corrected chi connectivity index (χ1v) is 4.59. The van der Waals surface area contributed by atoms with Gasteiger partial charge in [-0.1, -0.05) is 0 Å². The molecule has 0 atom stereocenters. The lowest BCUT2D eigenvalue weighted by Gasteiger charge is -2.07. The van der Waals surface area contributed by atoms with Crippen molar-refractivity contribution in [1.82, 2.24) is 19.8 Å². The summed E-state index contributed by atoms with van der Waals surface area (Å²) in [6, 6.07) is 3.49. The van der Waals surface area contributed by atoms with E-state index in [1.807, 2.05) is 13.8 Å². The molecule has 2 aromatic rings. The lowest BCUT2D eigenvalue weighted by Crippen LogP contribution is -2.08. The third-order valence-electron chi connectivity index (χ3n) is 1.56. The number of rotatable bonds is 2. The van der Waals surface area contributed by atoms with Gasteiger partial charge in [0.15, 0.2) is 5.65 Å². The summed E-state index contributed by atoms with van der Waals surface area (Å²) >= 11 is 5.75. The maximum absolute atomic E-state index is 5.75. The molecule has 0 saturated carbocycles. The standard InChI is InChI=1S/C8H9ClN4O/c1-5(2)14-7-4-3-6-10-11-8(9)13(6)12-7/h3-5H,1-2H3. The number of ether oxygens (including phenoxy) is 1. The molecule has 0 amide bonds. The average Bonchev–Trinajstić information content (AvgIpc) is 2.47. The van der Waals surface area contributed by atoms with Crippen molar-refractivity contribution in [1.29, 1.82) is 0 Å². The van der Waals surface area contributed by atoms with Gasteiger partial charge in [-0.3, -0.25) is 0 Å². The predicted octanol–water partition coefficient (Wildman–Crippen LogP) is 1.56. The summed E-state index contributed by atoms with van der Waals surface area (Å²) in [6.45, 7) is 3.86. The summed E-state index contributed by atoms with van der Waals surface area (Å²) in [5, 5.41) is 11.8. The van der Waals surface area contributed by atoms with Crippen LogP contribution in [-0.4, -0.2) is 25.9 Å². The van der Waals surface area contributed by atoms with Gasteiger partial charge in [-0.15, -0.1) is 15.3 Å². The van der Waals surface area contributed by atoms with E-state index in [9.17, 15) is 0 Å². The number of hydrogen-bond donors (Lipinski definition) is 0. The molecule has 0 aliphatic rings. The Balaban J connectivity index is 2.44. The molecule has 2 aromatic heterocycles. The maximum atomic E-state index is 5.75. The normalized spacial score (nSPS) is 11.1. The second-order valence-electron chi connectivity index (χ2n) is 3.08. The SMILES string of the molecule is CC(C)Oc1ccc2nnc(Cl)n2n1. The second kappa shape index (κ2) is 3.42. The molecule has 2 heterocycles. The minimum absolute atomic E-state index is 0.0789.